The average molecular weight is 647 g/mol. The van der Waals surface area contributed by atoms with Crippen molar-refractivity contribution in [1.29, 1.82) is 0 Å². The van der Waals surface area contributed by atoms with Gasteiger partial charge in [-0.3, -0.25) is 24.0 Å². The number of hydrogen-bond donors (Lipinski definition) is 1. The number of ketones is 1. The number of aryl methyl sites for hydroxylation is 3. The molecule has 45 heavy (non-hydrogen) atoms. The lowest BCUT2D eigenvalue weighted by molar-refractivity contribution is -0.128. The fourth-order valence-electron chi connectivity index (χ4n) is 5.00. The van der Waals surface area contributed by atoms with Crippen LogP contribution in [0.15, 0.2) is 83.8 Å². The number of benzene rings is 4. The van der Waals surface area contributed by atoms with Crippen LogP contribution in [0.25, 0.3) is 0 Å². The third kappa shape index (κ3) is 7.98. The van der Waals surface area contributed by atoms with Crippen molar-refractivity contribution in [2.45, 2.75) is 45.4 Å². The van der Waals surface area contributed by atoms with Gasteiger partial charge in [0, 0.05) is 22.7 Å². The molecule has 0 unspecified atom stereocenters. The molecule has 10 heteroatoms. The topological polar surface area (TPSA) is 110 Å². The highest BCUT2D eigenvalue weighted by Gasteiger charge is 2.30. The normalized spacial score (nSPS) is 12.6. The van der Waals surface area contributed by atoms with Gasteiger partial charge in [0.1, 0.15) is 5.75 Å². The number of Topliss-reactive ketones (excluding diaryl/α,β-unsaturated/α-hetero) is 1. The molecule has 5 rings (SSSR count). The summed E-state index contributed by atoms with van der Waals surface area (Å²) < 4.78 is 32.9. The lowest BCUT2D eigenvalue weighted by Gasteiger charge is -2.27. The van der Waals surface area contributed by atoms with Crippen molar-refractivity contribution in [1.82, 2.24) is 4.90 Å². The molecule has 8 nitrogen and oxygen atoms in total. The van der Waals surface area contributed by atoms with Gasteiger partial charge in [-0.25, -0.2) is 8.42 Å². The highest BCUT2D eigenvalue weighted by Crippen LogP contribution is 2.25. The van der Waals surface area contributed by atoms with Crippen LogP contribution >= 0.6 is 11.6 Å². The zero-order chi connectivity index (χ0) is 32.9. The Kier molecular flexibility index (Phi) is 10.5. The van der Waals surface area contributed by atoms with Crippen molar-refractivity contribution >= 4 is 44.9 Å². The summed E-state index contributed by atoms with van der Waals surface area (Å²) >= 11 is 5.94. The van der Waals surface area contributed by atoms with E-state index in [1.807, 2.05) is 38.1 Å². The minimum absolute atomic E-state index is 0.186. The second-order valence-electron chi connectivity index (χ2n) is 10.9. The second-order valence-corrected chi connectivity index (χ2v) is 12.9. The highest BCUT2D eigenvalue weighted by atomic mass is 35.5. The average Bonchev–Trinajstić information content (AvgIpc) is 2.99. The zero-order valence-electron chi connectivity index (χ0n) is 25.8. The quantitative estimate of drug-likeness (QED) is 0.168. The van der Waals surface area contributed by atoms with E-state index in [2.05, 4.69) is 4.72 Å². The van der Waals surface area contributed by atoms with Crippen LogP contribution in [0.1, 0.15) is 55.5 Å². The summed E-state index contributed by atoms with van der Waals surface area (Å²) in [7, 11) is -2.09. The number of nitrogens with zero attached hydrogens (tertiary/aromatic N) is 1. The van der Waals surface area contributed by atoms with Crippen molar-refractivity contribution in [2.24, 2.45) is 0 Å². The molecule has 1 heterocycles. The largest absolute Gasteiger partial charge is 0.496 e. The van der Waals surface area contributed by atoms with Crippen LogP contribution < -0.4 is 9.46 Å². The van der Waals surface area contributed by atoms with Gasteiger partial charge in [-0.2, -0.15) is 0 Å². The maximum atomic E-state index is 12.6. The third-order valence-corrected chi connectivity index (χ3v) is 9.21. The van der Waals surface area contributed by atoms with Crippen LogP contribution in [0.3, 0.4) is 0 Å². The van der Waals surface area contributed by atoms with Crippen LogP contribution in [0.4, 0.5) is 5.69 Å². The smallest absolute Gasteiger partial charge is 0.262 e. The van der Waals surface area contributed by atoms with Crippen molar-refractivity contribution in [3.63, 3.8) is 0 Å². The van der Waals surface area contributed by atoms with Crippen LogP contribution in [0, 0.1) is 20.8 Å². The van der Waals surface area contributed by atoms with E-state index in [0.717, 1.165) is 22.4 Å². The maximum Gasteiger partial charge on any atom is 0.262 e. The number of halogens is 1. The number of para-hydroxylation sites is 1. The number of rotatable bonds is 8. The van der Waals surface area contributed by atoms with Crippen LogP contribution in [-0.2, 0) is 27.7 Å². The third-order valence-electron chi connectivity index (χ3n) is 7.47. The summed E-state index contributed by atoms with van der Waals surface area (Å²) in [4.78, 5) is 38.0. The molecular formula is C35H35ClN2O6S. The molecular weight excluding hydrogens is 612 g/mol. The predicted molar refractivity (Wildman–Crippen MR) is 176 cm³/mol. The number of carbonyl (C=O) groups excluding carboxylic acids is 3. The molecule has 0 spiro atoms. The van der Waals surface area contributed by atoms with E-state index in [1.165, 1.54) is 11.8 Å². The van der Waals surface area contributed by atoms with Crippen molar-refractivity contribution in [2.75, 3.05) is 18.4 Å². The van der Waals surface area contributed by atoms with E-state index in [4.69, 9.17) is 16.3 Å². The van der Waals surface area contributed by atoms with Crippen molar-refractivity contribution in [3.05, 3.63) is 123 Å². The second kappa shape index (κ2) is 14.1. The molecule has 0 aromatic heterocycles. The minimum atomic E-state index is -3.72. The van der Waals surface area contributed by atoms with Gasteiger partial charge >= 0.3 is 0 Å². The lowest BCUT2D eigenvalue weighted by Crippen LogP contribution is -2.43. The van der Waals surface area contributed by atoms with E-state index in [-0.39, 0.29) is 28.9 Å². The number of carbonyl (C=O) groups is 3. The first-order valence-electron chi connectivity index (χ1n) is 14.3. The molecule has 1 N–H and O–H groups in total. The summed E-state index contributed by atoms with van der Waals surface area (Å²) in [6.07, 6.45) is 0.801. The number of sulfonamides is 1. The Bertz CT molecular complexity index is 1890. The number of fused-ring (bicyclic) bond motifs is 1. The molecule has 4 aromatic rings. The molecule has 0 saturated carbocycles. The number of imide groups is 1. The number of nitrogens with one attached hydrogen (secondary N) is 1. The first-order chi connectivity index (χ1) is 21.3. The molecule has 0 bridgehead atoms. The van der Waals surface area contributed by atoms with E-state index in [1.54, 1.807) is 68.6 Å². The Morgan fingerprint density at radius 2 is 1.64 bits per heavy atom. The van der Waals surface area contributed by atoms with Gasteiger partial charge in [-0.05, 0) is 104 Å². The number of methoxy groups -OCH3 is 1. The standard InChI is InChI=1S/C19H18ClNO3.C16H17NO3S/c1-12-3-4-13(9-17(12)24-2)7-8-21-18(22)11-14-10-15(20)5-6-16(14)19(21)23;1-11-8-9-12(2)16(10-11)21(19,20)17-15-7-5-4-6-14(15)13(3)18/h3-6,9-10H,7-8,11H2,1-2H3;4-10,17H,1-3H3. The monoisotopic (exact) mass is 646 g/mol. The summed E-state index contributed by atoms with van der Waals surface area (Å²) in [5.74, 6) is 0.184. The molecule has 4 aromatic carbocycles. The Hall–Kier alpha value is -4.47. The highest BCUT2D eigenvalue weighted by molar-refractivity contribution is 7.92. The first-order valence-corrected chi connectivity index (χ1v) is 16.1. The molecule has 0 atom stereocenters. The zero-order valence-corrected chi connectivity index (χ0v) is 27.4. The summed E-state index contributed by atoms with van der Waals surface area (Å²) in [5.41, 5.74) is 5.51. The van der Waals surface area contributed by atoms with E-state index < -0.39 is 10.0 Å². The summed E-state index contributed by atoms with van der Waals surface area (Å²) in [5, 5.41) is 0.537. The molecule has 234 valence electrons. The Labute approximate surface area is 269 Å². The lowest BCUT2D eigenvalue weighted by atomic mass is 9.98. The molecule has 1 aliphatic rings. The molecule has 2 amide bonds. The Morgan fingerprint density at radius 3 is 2.36 bits per heavy atom. The fraction of sp³-hybridized carbons (Fsp3) is 0.229. The number of anilines is 1. The van der Waals surface area contributed by atoms with Gasteiger partial charge in [0.05, 0.1) is 24.1 Å². The minimum Gasteiger partial charge on any atom is -0.496 e. The Balaban J connectivity index is 0.000000207. The van der Waals surface area contributed by atoms with Gasteiger partial charge in [-0.15, -0.1) is 0 Å². The van der Waals surface area contributed by atoms with Gasteiger partial charge in [0.15, 0.2) is 5.78 Å². The first kappa shape index (κ1) is 33.4. The van der Waals surface area contributed by atoms with Crippen molar-refractivity contribution < 1.29 is 27.5 Å². The van der Waals surface area contributed by atoms with Crippen LogP contribution in [0.5, 0.6) is 5.75 Å². The summed E-state index contributed by atoms with van der Waals surface area (Å²) in [6.45, 7) is 7.31. The number of ether oxygens (including phenoxy) is 1. The molecule has 0 aliphatic carbocycles. The predicted octanol–water partition coefficient (Wildman–Crippen LogP) is 6.73. The molecule has 1 aliphatic heterocycles. The number of hydrogen-bond acceptors (Lipinski definition) is 6. The van der Waals surface area contributed by atoms with Crippen molar-refractivity contribution in [3.8, 4) is 5.75 Å². The summed E-state index contributed by atoms with van der Waals surface area (Å²) in [6, 6.07) is 22.8. The fourth-order valence-corrected chi connectivity index (χ4v) is 6.60. The van der Waals surface area contributed by atoms with Gasteiger partial charge < -0.3 is 4.74 Å². The van der Waals surface area contributed by atoms with Gasteiger partial charge in [0.25, 0.3) is 15.9 Å². The van der Waals surface area contributed by atoms with E-state index in [9.17, 15) is 22.8 Å². The van der Waals surface area contributed by atoms with Crippen LogP contribution in [-0.4, -0.2) is 44.6 Å². The van der Waals surface area contributed by atoms with E-state index >= 15 is 0 Å². The SMILES string of the molecule is CC(=O)c1ccccc1NS(=O)(=O)c1cc(C)ccc1C.COc1cc(CCN2C(=O)Cc3cc(Cl)ccc3C2=O)ccc1C. The molecule has 0 saturated heterocycles. The Morgan fingerprint density at radius 1 is 0.933 bits per heavy atom. The number of amides is 2. The van der Waals surface area contributed by atoms with Crippen LogP contribution in [0.2, 0.25) is 5.02 Å². The maximum absolute atomic E-state index is 12.6. The van der Waals surface area contributed by atoms with E-state index in [0.29, 0.717) is 45.9 Å². The molecule has 0 radical (unpaired) electrons. The molecule has 0 fully saturated rings. The van der Waals surface area contributed by atoms with Gasteiger partial charge in [0.2, 0.25) is 5.91 Å². The van der Waals surface area contributed by atoms with Gasteiger partial charge in [-0.1, -0.05) is 48.0 Å².